The summed E-state index contributed by atoms with van der Waals surface area (Å²) in [6.45, 7) is 4.31. The smallest absolute Gasteiger partial charge is 0.0860 e. The molecule has 16 heavy (non-hydrogen) atoms. The Morgan fingerprint density at radius 1 is 1.12 bits per heavy atom. The van der Waals surface area contributed by atoms with Gasteiger partial charge >= 0.3 is 0 Å². The van der Waals surface area contributed by atoms with Gasteiger partial charge in [-0.2, -0.15) is 0 Å². The SMILES string of the molecule is CC1(C)C=CC=CC1C(O)c1ccccc1. The van der Waals surface area contributed by atoms with Gasteiger partial charge < -0.3 is 5.11 Å². The molecule has 0 heterocycles. The van der Waals surface area contributed by atoms with E-state index in [0.29, 0.717) is 0 Å². The van der Waals surface area contributed by atoms with Gasteiger partial charge in [-0.3, -0.25) is 0 Å². The van der Waals surface area contributed by atoms with Crippen LogP contribution in [0, 0.1) is 11.3 Å². The number of aliphatic hydroxyl groups excluding tert-OH is 1. The standard InChI is InChI=1S/C15H18O/c1-15(2)11-7-6-10-13(15)14(16)12-8-4-3-5-9-12/h3-11,13-14,16H,1-2H3. The fraction of sp³-hybridized carbons (Fsp3) is 0.333. The highest BCUT2D eigenvalue weighted by Gasteiger charge is 2.32. The molecule has 0 aliphatic heterocycles. The third-order valence-electron chi connectivity index (χ3n) is 3.30. The number of hydrogen-bond acceptors (Lipinski definition) is 1. The van der Waals surface area contributed by atoms with Crippen LogP contribution in [0.2, 0.25) is 0 Å². The molecule has 1 aliphatic carbocycles. The lowest BCUT2D eigenvalue weighted by Gasteiger charge is -2.35. The third-order valence-corrected chi connectivity index (χ3v) is 3.30. The zero-order chi connectivity index (χ0) is 11.6. The first-order valence-electron chi connectivity index (χ1n) is 5.70. The van der Waals surface area contributed by atoms with Gasteiger partial charge in [0.1, 0.15) is 0 Å². The quantitative estimate of drug-likeness (QED) is 0.799. The summed E-state index contributed by atoms with van der Waals surface area (Å²) < 4.78 is 0. The highest BCUT2D eigenvalue weighted by atomic mass is 16.3. The molecule has 0 aromatic heterocycles. The van der Waals surface area contributed by atoms with Crippen molar-refractivity contribution in [2.45, 2.75) is 20.0 Å². The molecule has 0 saturated carbocycles. The van der Waals surface area contributed by atoms with E-state index >= 15 is 0 Å². The number of benzene rings is 1. The summed E-state index contributed by atoms with van der Waals surface area (Å²) in [6.07, 6.45) is 7.88. The highest BCUT2D eigenvalue weighted by molar-refractivity contribution is 5.25. The van der Waals surface area contributed by atoms with E-state index in [4.69, 9.17) is 0 Å². The Hall–Kier alpha value is -1.34. The Kier molecular flexibility index (Phi) is 2.97. The maximum Gasteiger partial charge on any atom is 0.0860 e. The van der Waals surface area contributed by atoms with Crippen molar-refractivity contribution in [3.8, 4) is 0 Å². The van der Waals surface area contributed by atoms with E-state index < -0.39 is 6.10 Å². The lowest BCUT2D eigenvalue weighted by molar-refractivity contribution is 0.0822. The van der Waals surface area contributed by atoms with Crippen molar-refractivity contribution in [1.82, 2.24) is 0 Å². The van der Waals surface area contributed by atoms with E-state index in [9.17, 15) is 5.11 Å². The van der Waals surface area contributed by atoms with Crippen LogP contribution in [0.1, 0.15) is 25.5 Å². The van der Waals surface area contributed by atoms with E-state index in [2.05, 4.69) is 26.0 Å². The minimum Gasteiger partial charge on any atom is -0.388 e. The molecule has 0 amide bonds. The molecule has 0 radical (unpaired) electrons. The third kappa shape index (κ3) is 2.10. The van der Waals surface area contributed by atoms with Gasteiger partial charge in [-0.15, -0.1) is 0 Å². The van der Waals surface area contributed by atoms with Crippen LogP contribution in [0.5, 0.6) is 0 Å². The largest absolute Gasteiger partial charge is 0.388 e. The average Bonchev–Trinajstić information content (AvgIpc) is 2.29. The van der Waals surface area contributed by atoms with Crippen molar-refractivity contribution in [1.29, 1.82) is 0 Å². The van der Waals surface area contributed by atoms with Crippen LogP contribution in [0.4, 0.5) is 0 Å². The Balaban J connectivity index is 2.26. The second-order valence-corrected chi connectivity index (χ2v) is 4.95. The minimum atomic E-state index is -0.433. The van der Waals surface area contributed by atoms with Gasteiger partial charge in [0, 0.05) is 5.92 Å². The Morgan fingerprint density at radius 3 is 2.44 bits per heavy atom. The zero-order valence-corrected chi connectivity index (χ0v) is 9.80. The van der Waals surface area contributed by atoms with Crippen LogP contribution >= 0.6 is 0 Å². The summed E-state index contributed by atoms with van der Waals surface area (Å²) in [4.78, 5) is 0. The van der Waals surface area contributed by atoms with Crippen molar-refractivity contribution < 1.29 is 5.11 Å². The molecule has 0 spiro atoms. The molecule has 1 aromatic rings. The van der Waals surface area contributed by atoms with Crippen molar-refractivity contribution in [2.75, 3.05) is 0 Å². The molecule has 2 atom stereocenters. The van der Waals surface area contributed by atoms with Crippen molar-refractivity contribution in [3.63, 3.8) is 0 Å². The Bertz CT molecular complexity index is 401. The topological polar surface area (TPSA) is 20.2 Å². The highest BCUT2D eigenvalue weighted by Crippen LogP contribution is 2.40. The lowest BCUT2D eigenvalue weighted by atomic mass is 9.72. The molecule has 2 unspecified atom stereocenters. The first-order valence-corrected chi connectivity index (χ1v) is 5.70. The van der Waals surface area contributed by atoms with Crippen LogP contribution < -0.4 is 0 Å². The lowest BCUT2D eigenvalue weighted by Crippen LogP contribution is -2.27. The van der Waals surface area contributed by atoms with E-state index in [1.807, 2.05) is 42.5 Å². The van der Waals surface area contributed by atoms with E-state index in [-0.39, 0.29) is 11.3 Å². The number of aliphatic hydroxyl groups is 1. The molecular formula is C15H18O. The molecule has 1 N–H and O–H groups in total. The molecule has 1 aromatic carbocycles. The molecule has 0 saturated heterocycles. The summed E-state index contributed by atoms with van der Waals surface area (Å²) >= 11 is 0. The normalized spacial score (nSPS) is 24.3. The van der Waals surface area contributed by atoms with Crippen molar-refractivity contribution in [2.24, 2.45) is 11.3 Å². The van der Waals surface area contributed by atoms with Crippen molar-refractivity contribution >= 4 is 0 Å². The molecule has 2 rings (SSSR count). The van der Waals surface area contributed by atoms with E-state index in [0.717, 1.165) is 5.56 Å². The molecule has 0 fully saturated rings. The zero-order valence-electron chi connectivity index (χ0n) is 9.80. The summed E-state index contributed by atoms with van der Waals surface area (Å²) in [7, 11) is 0. The molecule has 1 aliphatic rings. The maximum absolute atomic E-state index is 10.4. The maximum atomic E-state index is 10.4. The van der Waals surface area contributed by atoms with Gasteiger partial charge in [0.2, 0.25) is 0 Å². The molecular weight excluding hydrogens is 196 g/mol. The van der Waals surface area contributed by atoms with Crippen LogP contribution in [0.15, 0.2) is 54.6 Å². The molecule has 84 valence electrons. The Morgan fingerprint density at radius 2 is 1.81 bits per heavy atom. The molecule has 0 bridgehead atoms. The summed E-state index contributed by atoms with van der Waals surface area (Å²) in [5.41, 5.74) is 0.991. The summed E-state index contributed by atoms with van der Waals surface area (Å²) in [5.74, 6) is 0.139. The van der Waals surface area contributed by atoms with Crippen LogP contribution in [-0.4, -0.2) is 5.11 Å². The second kappa shape index (κ2) is 4.26. The van der Waals surface area contributed by atoms with Gasteiger partial charge in [0.15, 0.2) is 0 Å². The van der Waals surface area contributed by atoms with Crippen LogP contribution in [0.25, 0.3) is 0 Å². The summed E-state index contributed by atoms with van der Waals surface area (Å²) in [5, 5.41) is 10.4. The van der Waals surface area contributed by atoms with Crippen molar-refractivity contribution in [3.05, 3.63) is 60.2 Å². The van der Waals surface area contributed by atoms with Gasteiger partial charge in [-0.1, -0.05) is 68.5 Å². The number of rotatable bonds is 2. The van der Waals surface area contributed by atoms with Gasteiger partial charge in [-0.25, -0.2) is 0 Å². The van der Waals surface area contributed by atoms with E-state index in [1.54, 1.807) is 0 Å². The first-order chi connectivity index (χ1) is 7.61. The van der Waals surface area contributed by atoms with Crippen LogP contribution in [-0.2, 0) is 0 Å². The summed E-state index contributed by atoms with van der Waals surface area (Å²) in [6, 6.07) is 9.86. The van der Waals surface area contributed by atoms with Gasteiger partial charge in [0.05, 0.1) is 6.10 Å². The number of hydrogen-bond donors (Lipinski definition) is 1. The monoisotopic (exact) mass is 214 g/mol. The fourth-order valence-electron chi connectivity index (χ4n) is 2.22. The molecule has 1 nitrogen and oxygen atoms in total. The average molecular weight is 214 g/mol. The Labute approximate surface area is 97.1 Å². The number of allylic oxidation sites excluding steroid dienone is 3. The predicted molar refractivity (Wildman–Crippen MR) is 67.0 cm³/mol. The second-order valence-electron chi connectivity index (χ2n) is 4.95. The van der Waals surface area contributed by atoms with Gasteiger partial charge in [0.25, 0.3) is 0 Å². The van der Waals surface area contributed by atoms with E-state index in [1.165, 1.54) is 0 Å². The van der Waals surface area contributed by atoms with Gasteiger partial charge in [-0.05, 0) is 11.0 Å². The molecule has 1 heteroatoms. The first kappa shape index (κ1) is 11.2. The van der Waals surface area contributed by atoms with Crippen LogP contribution in [0.3, 0.4) is 0 Å². The minimum absolute atomic E-state index is 0.00398. The fourth-order valence-corrected chi connectivity index (χ4v) is 2.22. The predicted octanol–water partition coefficient (Wildman–Crippen LogP) is 3.49.